The van der Waals surface area contributed by atoms with E-state index in [2.05, 4.69) is 5.32 Å². The average molecular weight is 516 g/mol. The van der Waals surface area contributed by atoms with Crippen LogP contribution in [0, 0.1) is 0 Å². The highest BCUT2D eigenvalue weighted by atomic mass is 35.5. The van der Waals surface area contributed by atoms with Crippen LogP contribution in [0.15, 0.2) is 58.3 Å². The number of nitrogens with zero attached hydrogens (tertiary/aromatic N) is 2. The van der Waals surface area contributed by atoms with E-state index in [1.165, 1.54) is 66.9 Å². The second kappa shape index (κ2) is 10.4. The summed E-state index contributed by atoms with van der Waals surface area (Å²) in [7, 11) is -4.43. The van der Waals surface area contributed by atoms with Gasteiger partial charge in [-0.1, -0.05) is 11.6 Å². The molecule has 12 heteroatoms. The van der Waals surface area contributed by atoms with Crippen LogP contribution in [0.3, 0.4) is 0 Å². The zero-order chi connectivity index (χ0) is 24.2. The predicted molar refractivity (Wildman–Crippen MR) is 124 cm³/mol. The molecule has 0 saturated carbocycles. The van der Waals surface area contributed by atoms with Gasteiger partial charge >= 0.3 is 0 Å². The van der Waals surface area contributed by atoms with E-state index >= 15 is 0 Å². The molecule has 9 nitrogen and oxygen atoms in total. The number of ether oxygens (including phenoxy) is 1. The summed E-state index contributed by atoms with van der Waals surface area (Å²) in [5, 5.41) is 3.14. The molecule has 0 aromatic heterocycles. The maximum Gasteiger partial charge on any atom is 0.243 e. The Hall–Kier alpha value is -2.18. The van der Waals surface area contributed by atoms with Crippen LogP contribution in [0.25, 0.3) is 0 Å². The Bertz CT molecular complexity index is 1180. The highest BCUT2D eigenvalue weighted by molar-refractivity contribution is 7.89. The second-order valence-electron chi connectivity index (χ2n) is 7.63. The average Bonchev–Trinajstić information content (AvgIpc) is 3.28. The van der Waals surface area contributed by atoms with Crippen molar-refractivity contribution in [3.05, 3.63) is 53.6 Å². The molecule has 1 saturated heterocycles. The van der Waals surface area contributed by atoms with E-state index in [-0.39, 0.29) is 35.4 Å². The van der Waals surface area contributed by atoms with Crippen molar-refractivity contribution < 1.29 is 26.4 Å². The van der Waals surface area contributed by atoms with Gasteiger partial charge in [0.25, 0.3) is 0 Å². The fourth-order valence-electron chi connectivity index (χ4n) is 3.41. The van der Waals surface area contributed by atoms with Crippen LogP contribution in [-0.2, 0) is 24.8 Å². The zero-order valence-corrected chi connectivity index (χ0v) is 20.7. The third-order valence-electron chi connectivity index (χ3n) is 5.20. The van der Waals surface area contributed by atoms with Gasteiger partial charge in [0, 0.05) is 25.7 Å². The number of hydrogen-bond donors (Lipinski definition) is 1. The minimum atomic E-state index is -3.82. The largest absolute Gasteiger partial charge is 0.492 e. The quantitative estimate of drug-likeness (QED) is 0.511. The number of carbonyl (C=O) groups is 1. The van der Waals surface area contributed by atoms with Gasteiger partial charge in [-0.15, -0.1) is 0 Å². The third kappa shape index (κ3) is 5.85. The topological polar surface area (TPSA) is 113 Å². The van der Waals surface area contributed by atoms with Gasteiger partial charge in [0.15, 0.2) is 0 Å². The molecule has 1 aliphatic heterocycles. The van der Waals surface area contributed by atoms with Gasteiger partial charge in [-0.05, 0) is 61.4 Å². The van der Waals surface area contributed by atoms with Crippen LogP contribution in [0.4, 0.5) is 0 Å². The number of benzene rings is 2. The van der Waals surface area contributed by atoms with Crippen molar-refractivity contribution in [2.24, 2.45) is 0 Å². The Morgan fingerprint density at radius 2 is 1.67 bits per heavy atom. The smallest absolute Gasteiger partial charge is 0.243 e. The molecular formula is C21H26ClN3O6S2. The Morgan fingerprint density at radius 1 is 1.06 bits per heavy atom. The number of rotatable bonds is 9. The molecule has 1 N–H and O–H groups in total. The Labute approximate surface area is 199 Å². The first-order valence-corrected chi connectivity index (χ1v) is 13.5. The molecule has 0 radical (unpaired) electrons. The monoisotopic (exact) mass is 515 g/mol. The SMILES string of the molecule is CN(C)S(=O)(=O)c1ccc(OCCNC(=O)C2CCCN2S(=O)(=O)c2ccc(Cl)cc2)cc1. The van der Waals surface area contributed by atoms with Gasteiger partial charge in [0.2, 0.25) is 26.0 Å². The molecule has 2 aromatic carbocycles. The first-order valence-electron chi connectivity index (χ1n) is 10.2. The second-order valence-corrected chi connectivity index (χ2v) is 12.1. The molecule has 33 heavy (non-hydrogen) atoms. The van der Waals surface area contributed by atoms with E-state index in [1.807, 2.05) is 0 Å². The fourth-order valence-corrected chi connectivity index (χ4v) is 6.10. The minimum Gasteiger partial charge on any atom is -0.492 e. The summed E-state index contributed by atoms with van der Waals surface area (Å²) in [5.74, 6) is 0.0656. The number of amides is 1. The van der Waals surface area contributed by atoms with Gasteiger partial charge in [-0.3, -0.25) is 4.79 Å². The van der Waals surface area contributed by atoms with Crippen molar-refractivity contribution in [1.82, 2.24) is 13.9 Å². The van der Waals surface area contributed by atoms with E-state index in [9.17, 15) is 21.6 Å². The van der Waals surface area contributed by atoms with Crippen molar-refractivity contribution in [2.75, 3.05) is 33.8 Å². The van der Waals surface area contributed by atoms with Crippen LogP contribution in [-0.4, -0.2) is 71.2 Å². The fraction of sp³-hybridized carbons (Fsp3) is 0.381. The van der Waals surface area contributed by atoms with Crippen molar-refractivity contribution in [3.8, 4) is 5.75 Å². The lowest BCUT2D eigenvalue weighted by atomic mass is 10.2. The molecule has 1 heterocycles. The summed E-state index contributed by atoms with van der Waals surface area (Å²) in [5.41, 5.74) is 0. The standard InChI is InChI=1S/C21H26ClN3O6S2/c1-24(2)32(27,28)18-11-7-17(8-12-18)31-15-13-23-21(26)20-4-3-14-25(20)33(29,30)19-9-5-16(22)6-10-19/h5-12,20H,3-4,13-15H2,1-2H3,(H,23,26). The van der Waals surface area contributed by atoms with Crippen molar-refractivity contribution in [1.29, 1.82) is 0 Å². The Morgan fingerprint density at radius 3 is 2.27 bits per heavy atom. The van der Waals surface area contributed by atoms with E-state index in [1.54, 1.807) is 0 Å². The van der Waals surface area contributed by atoms with Crippen LogP contribution >= 0.6 is 11.6 Å². The number of sulfonamides is 2. The summed E-state index contributed by atoms with van der Waals surface area (Å²) in [6.45, 7) is 0.575. The van der Waals surface area contributed by atoms with Gasteiger partial charge in [-0.25, -0.2) is 21.1 Å². The molecule has 1 unspecified atom stereocenters. The maximum atomic E-state index is 12.9. The molecule has 0 spiro atoms. The van der Waals surface area contributed by atoms with E-state index in [0.29, 0.717) is 23.6 Å². The summed E-state index contributed by atoms with van der Waals surface area (Å²) in [6, 6.07) is 11.0. The summed E-state index contributed by atoms with van der Waals surface area (Å²) >= 11 is 5.84. The molecule has 1 aliphatic rings. The molecule has 0 bridgehead atoms. The first kappa shape index (κ1) is 25.4. The number of halogens is 1. The molecule has 0 aliphatic carbocycles. The third-order valence-corrected chi connectivity index (χ3v) is 9.20. The van der Waals surface area contributed by atoms with E-state index < -0.39 is 26.1 Å². The van der Waals surface area contributed by atoms with Crippen LogP contribution < -0.4 is 10.1 Å². The summed E-state index contributed by atoms with van der Waals surface area (Å²) in [4.78, 5) is 12.9. The summed E-state index contributed by atoms with van der Waals surface area (Å²) < 4.78 is 58.0. The lowest BCUT2D eigenvalue weighted by molar-refractivity contribution is -0.124. The van der Waals surface area contributed by atoms with Crippen molar-refractivity contribution >= 4 is 37.6 Å². The molecule has 2 aromatic rings. The number of hydrogen-bond acceptors (Lipinski definition) is 6. The normalized spacial score (nSPS) is 17.3. The van der Waals surface area contributed by atoms with Gasteiger partial charge in [-0.2, -0.15) is 4.31 Å². The number of nitrogens with one attached hydrogen (secondary N) is 1. The van der Waals surface area contributed by atoms with Crippen LogP contribution in [0.2, 0.25) is 5.02 Å². The predicted octanol–water partition coefficient (Wildman–Crippen LogP) is 1.94. The summed E-state index contributed by atoms with van der Waals surface area (Å²) in [6.07, 6.45) is 1.02. The molecular weight excluding hydrogens is 490 g/mol. The van der Waals surface area contributed by atoms with Crippen LogP contribution in [0.5, 0.6) is 5.75 Å². The maximum absolute atomic E-state index is 12.9. The lowest BCUT2D eigenvalue weighted by Crippen LogP contribution is -2.46. The van der Waals surface area contributed by atoms with Crippen LogP contribution in [0.1, 0.15) is 12.8 Å². The van der Waals surface area contributed by atoms with Crippen molar-refractivity contribution in [2.45, 2.75) is 28.7 Å². The zero-order valence-electron chi connectivity index (χ0n) is 18.3. The van der Waals surface area contributed by atoms with Crippen molar-refractivity contribution in [3.63, 3.8) is 0 Å². The van der Waals surface area contributed by atoms with Gasteiger partial charge in [0.1, 0.15) is 18.4 Å². The Balaban J connectivity index is 1.54. The highest BCUT2D eigenvalue weighted by Gasteiger charge is 2.39. The molecule has 1 fully saturated rings. The lowest BCUT2D eigenvalue weighted by Gasteiger charge is -2.23. The van der Waals surface area contributed by atoms with E-state index in [4.69, 9.17) is 16.3 Å². The molecule has 3 rings (SSSR count). The first-order chi connectivity index (χ1) is 15.5. The van der Waals surface area contributed by atoms with Gasteiger partial charge < -0.3 is 10.1 Å². The minimum absolute atomic E-state index is 0.0923. The highest BCUT2D eigenvalue weighted by Crippen LogP contribution is 2.27. The molecule has 1 atom stereocenters. The Kier molecular flexibility index (Phi) is 8.01. The van der Waals surface area contributed by atoms with E-state index in [0.717, 1.165) is 4.31 Å². The number of carbonyl (C=O) groups excluding carboxylic acids is 1. The molecule has 180 valence electrons. The van der Waals surface area contributed by atoms with Gasteiger partial charge in [0.05, 0.1) is 16.3 Å². The molecule has 1 amide bonds.